The van der Waals surface area contributed by atoms with Gasteiger partial charge in [-0.1, -0.05) is 0 Å². The van der Waals surface area contributed by atoms with Gasteiger partial charge in [0.15, 0.2) is 0 Å². The summed E-state index contributed by atoms with van der Waals surface area (Å²) in [4.78, 5) is 24.5. The van der Waals surface area contributed by atoms with Gasteiger partial charge in [0.2, 0.25) is 0 Å². The van der Waals surface area contributed by atoms with Crippen LogP contribution in [0.1, 0.15) is 28.8 Å². The van der Waals surface area contributed by atoms with Gasteiger partial charge >= 0.3 is 0 Å². The van der Waals surface area contributed by atoms with Gasteiger partial charge in [-0.25, -0.2) is 4.39 Å². The third-order valence-corrected chi connectivity index (χ3v) is 3.87. The molecule has 8 heteroatoms. The molecule has 1 aromatic rings. The molecule has 1 amide bonds. The molecule has 1 aliphatic heterocycles. The van der Waals surface area contributed by atoms with Crippen molar-refractivity contribution in [1.82, 2.24) is 10.2 Å². The number of hydrogen-bond acceptors (Lipinski definition) is 4. The summed E-state index contributed by atoms with van der Waals surface area (Å²) in [6.45, 7) is 2.46. The van der Waals surface area contributed by atoms with Gasteiger partial charge in [-0.15, -0.1) is 12.4 Å². The largest absolute Gasteiger partial charge is 0.338 e. The Hall–Kier alpha value is -1.73. The summed E-state index contributed by atoms with van der Waals surface area (Å²) in [5.74, 6) is -1.11. The van der Waals surface area contributed by atoms with Crippen LogP contribution in [0.4, 0.5) is 10.1 Å². The van der Waals surface area contributed by atoms with Crippen molar-refractivity contribution in [2.24, 2.45) is 0 Å². The number of amides is 1. The third-order valence-electron chi connectivity index (χ3n) is 3.87. The minimum atomic E-state index is -0.633. The van der Waals surface area contributed by atoms with E-state index in [-0.39, 0.29) is 29.2 Å². The second-order valence-corrected chi connectivity index (χ2v) is 5.23. The van der Waals surface area contributed by atoms with Gasteiger partial charge in [0, 0.05) is 24.7 Å². The first-order chi connectivity index (χ1) is 9.93. The SMILES string of the molecule is CNC1CCN(C(=O)c2cc(F)cc(C)c2[N+](=O)[O-])CC1.Cl. The molecule has 1 N–H and O–H groups in total. The number of rotatable bonds is 3. The van der Waals surface area contributed by atoms with Crippen molar-refractivity contribution in [3.63, 3.8) is 0 Å². The number of nitro benzene ring substituents is 1. The molecule has 0 atom stereocenters. The van der Waals surface area contributed by atoms with E-state index in [4.69, 9.17) is 0 Å². The average molecular weight is 332 g/mol. The summed E-state index contributed by atoms with van der Waals surface area (Å²) in [7, 11) is 1.86. The van der Waals surface area contributed by atoms with E-state index in [0.717, 1.165) is 25.0 Å². The van der Waals surface area contributed by atoms with E-state index in [1.165, 1.54) is 6.92 Å². The summed E-state index contributed by atoms with van der Waals surface area (Å²) < 4.78 is 13.5. The van der Waals surface area contributed by atoms with Crippen LogP contribution in [0, 0.1) is 22.9 Å². The first kappa shape index (κ1) is 18.3. The van der Waals surface area contributed by atoms with Crippen LogP contribution in [0.5, 0.6) is 0 Å². The standard InChI is InChI=1S/C14H18FN3O3.ClH/c1-9-7-10(15)8-12(13(9)18(20)21)14(19)17-5-3-11(16-2)4-6-17;/h7-8,11,16H,3-6H2,1-2H3;1H. The Morgan fingerprint density at radius 1 is 1.41 bits per heavy atom. The molecular formula is C14H19ClFN3O3. The van der Waals surface area contributed by atoms with E-state index in [0.29, 0.717) is 19.1 Å². The summed E-state index contributed by atoms with van der Waals surface area (Å²) >= 11 is 0. The molecule has 0 aliphatic carbocycles. The maximum Gasteiger partial charge on any atom is 0.285 e. The second-order valence-electron chi connectivity index (χ2n) is 5.23. The molecule has 22 heavy (non-hydrogen) atoms. The van der Waals surface area contributed by atoms with Crippen molar-refractivity contribution in [2.75, 3.05) is 20.1 Å². The molecular weight excluding hydrogens is 313 g/mol. The fourth-order valence-electron chi connectivity index (χ4n) is 2.68. The van der Waals surface area contributed by atoms with Gasteiger partial charge in [0.1, 0.15) is 11.4 Å². The van der Waals surface area contributed by atoms with Gasteiger partial charge in [0.05, 0.1) is 4.92 Å². The quantitative estimate of drug-likeness (QED) is 0.681. The van der Waals surface area contributed by atoms with Gasteiger partial charge in [0.25, 0.3) is 11.6 Å². The van der Waals surface area contributed by atoms with Crippen molar-refractivity contribution < 1.29 is 14.1 Å². The zero-order valence-electron chi connectivity index (χ0n) is 12.5. The number of halogens is 2. The number of aryl methyl sites for hydroxylation is 1. The number of hydrogen-bond donors (Lipinski definition) is 1. The van der Waals surface area contributed by atoms with Crippen LogP contribution in [-0.2, 0) is 0 Å². The first-order valence-corrected chi connectivity index (χ1v) is 6.85. The van der Waals surface area contributed by atoms with Crippen molar-refractivity contribution in [1.29, 1.82) is 0 Å². The second kappa shape index (κ2) is 7.51. The normalized spacial score (nSPS) is 15.3. The van der Waals surface area contributed by atoms with E-state index in [1.807, 2.05) is 7.05 Å². The molecule has 0 bridgehead atoms. The Balaban J connectivity index is 0.00000242. The number of benzene rings is 1. The zero-order chi connectivity index (χ0) is 15.6. The molecule has 1 aliphatic rings. The fraction of sp³-hybridized carbons (Fsp3) is 0.500. The molecule has 1 saturated heterocycles. The highest BCUT2D eigenvalue weighted by Crippen LogP contribution is 2.27. The molecule has 2 rings (SSSR count). The summed E-state index contributed by atoms with van der Waals surface area (Å²) in [6, 6.07) is 2.37. The molecule has 6 nitrogen and oxygen atoms in total. The molecule has 1 fully saturated rings. The molecule has 0 aromatic heterocycles. The first-order valence-electron chi connectivity index (χ1n) is 6.85. The predicted octanol–water partition coefficient (Wildman–Crippen LogP) is 2.29. The molecule has 0 saturated carbocycles. The minimum Gasteiger partial charge on any atom is -0.338 e. The zero-order valence-corrected chi connectivity index (χ0v) is 13.3. The smallest absolute Gasteiger partial charge is 0.285 e. The third kappa shape index (κ3) is 3.72. The number of carbonyl (C=O) groups excluding carboxylic acids is 1. The van der Waals surface area contributed by atoms with Crippen LogP contribution >= 0.6 is 12.4 Å². The van der Waals surface area contributed by atoms with E-state index in [9.17, 15) is 19.3 Å². The number of likely N-dealkylation sites (tertiary alicyclic amines) is 1. The minimum absolute atomic E-state index is 0. The van der Waals surface area contributed by atoms with E-state index >= 15 is 0 Å². The van der Waals surface area contributed by atoms with Crippen molar-refractivity contribution >= 4 is 24.0 Å². The number of nitrogens with zero attached hydrogens (tertiary/aromatic N) is 2. The fourth-order valence-corrected chi connectivity index (χ4v) is 2.68. The molecule has 0 spiro atoms. The van der Waals surface area contributed by atoms with Crippen molar-refractivity contribution in [3.8, 4) is 0 Å². The Bertz CT molecular complexity index is 575. The molecule has 0 radical (unpaired) electrons. The number of nitro groups is 1. The monoisotopic (exact) mass is 331 g/mol. The van der Waals surface area contributed by atoms with Crippen LogP contribution in [0.2, 0.25) is 0 Å². The summed E-state index contributed by atoms with van der Waals surface area (Å²) in [5, 5.41) is 14.3. The Morgan fingerprint density at radius 3 is 2.50 bits per heavy atom. The molecule has 0 unspecified atom stereocenters. The highest BCUT2D eigenvalue weighted by Gasteiger charge is 2.29. The maximum atomic E-state index is 13.5. The maximum absolute atomic E-state index is 13.5. The highest BCUT2D eigenvalue weighted by molar-refractivity contribution is 5.98. The van der Waals surface area contributed by atoms with E-state index < -0.39 is 16.6 Å². The summed E-state index contributed by atoms with van der Waals surface area (Å²) in [5.41, 5.74) is -0.314. The Kier molecular flexibility index (Phi) is 6.25. The molecule has 1 heterocycles. The lowest BCUT2D eigenvalue weighted by Crippen LogP contribution is -2.44. The lowest BCUT2D eigenvalue weighted by Gasteiger charge is -2.31. The van der Waals surface area contributed by atoms with E-state index in [1.54, 1.807) is 4.90 Å². The summed E-state index contributed by atoms with van der Waals surface area (Å²) in [6.07, 6.45) is 1.56. The Morgan fingerprint density at radius 2 is 2.00 bits per heavy atom. The topological polar surface area (TPSA) is 75.5 Å². The molecule has 1 aromatic carbocycles. The van der Waals surface area contributed by atoms with Crippen molar-refractivity contribution in [2.45, 2.75) is 25.8 Å². The average Bonchev–Trinajstić information content (AvgIpc) is 2.45. The van der Waals surface area contributed by atoms with Crippen LogP contribution in [0.3, 0.4) is 0 Å². The van der Waals surface area contributed by atoms with Crippen LogP contribution < -0.4 is 5.32 Å². The lowest BCUT2D eigenvalue weighted by molar-refractivity contribution is -0.385. The number of piperidine rings is 1. The Labute approximate surface area is 134 Å². The van der Waals surface area contributed by atoms with E-state index in [2.05, 4.69) is 5.32 Å². The van der Waals surface area contributed by atoms with Gasteiger partial charge in [-0.3, -0.25) is 14.9 Å². The van der Waals surface area contributed by atoms with Crippen LogP contribution in [0.15, 0.2) is 12.1 Å². The van der Waals surface area contributed by atoms with Crippen LogP contribution in [-0.4, -0.2) is 41.9 Å². The predicted molar refractivity (Wildman–Crippen MR) is 83.0 cm³/mol. The molecule has 122 valence electrons. The van der Waals surface area contributed by atoms with Crippen molar-refractivity contribution in [3.05, 3.63) is 39.2 Å². The highest BCUT2D eigenvalue weighted by atomic mass is 35.5. The number of nitrogens with one attached hydrogen (secondary N) is 1. The number of carbonyl (C=O) groups is 1. The van der Waals surface area contributed by atoms with Gasteiger partial charge in [-0.05, 0) is 38.9 Å². The van der Waals surface area contributed by atoms with Crippen LogP contribution in [0.25, 0.3) is 0 Å². The van der Waals surface area contributed by atoms with Gasteiger partial charge in [-0.2, -0.15) is 0 Å². The lowest BCUT2D eigenvalue weighted by atomic mass is 10.0. The van der Waals surface area contributed by atoms with Gasteiger partial charge < -0.3 is 10.2 Å².